The molecule has 0 aliphatic rings. The minimum atomic E-state index is -0.715. The molecule has 0 heterocycles. The molecule has 2 aromatic rings. The fourth-order valence-electron chi connectivity index (χ4n) is 2.76. The van der Waals surface area contributed by atoms with E-state index in [9.17, 15) is 9.59 Å². The molecule has 0 aliphatic carbocycles. The van der Waals surface area contributed by atoms with E-state index in [-0.39, 0.29) is 24.8 Å². The summed E-state index contributed by atoms with van der Waals surface area (Å²) in [5, 5.41) is 4.56. The molecule has 156 valence electrons. The lowest BCUT2D eigenvalue weighted by Gasteiger charge is -2.29. The molecular weight excluding hydrogens is 454 g/mol. The van der Waals surface area contributed by atoms with Gasteiger partial charge in [-0.15, -0.1) is 0 Å². The van der Waals surface area contributed by atoms with Crippen LogP contribution < -0.4 is 5.32 Å². The van der Waals surface area contributed by atoms with Crippen molar-refractivity contribution in [2.24, 2.45) is 0 Å². The molecule has 0 bridgehead atoms. The van der Waals surface area contributed by atoms with Crippen molar-refractivity contribution in [3.05, 3.63) is 67.6 Å². The number of benzene rings is 2. The summed E-state index contributed by atoms with van der Waals surface area (Å²) in [5.74, 6) is -0.519. The fourth-order valence-corrected chi connectivity index (χ4v) is 3.75. The van der Waals surface area contributed by atoms with Crippen molar-refractivity contribution in [2.75, 3.05) is 6.54 Å². The van der Waals surface area contributed by atoms with E-state index < -0.39 is 6.04 Å². The summed E-state index contributed by atoms with van der Waals surface area (Å²) < 4.78 is 0. The number of hydrogen-bond acceptors (Lipinski definition) is 2. The van der Waals surface area contributed by atoms with Crippen LogP contribution in [0.5, 0.6) is 0 Å². The van der Waals surface area contributed by atoms with E-state index in [4.69, 9.17) is 46.4 Å². The number of amides is 2. The highest BCUT2D eigenvalue weighted by atomic mass is 35.5. The molecule has 0 saturated heterocycles. The van der Waals surface area contributed by atoms with Gasteiger partial charge >= 0.3 is 0 Å². The molecule has 0 radical (unpaired) electrons. The lowest BCUT2D eigenvalue weighted by molar-refractivity contribution is -0.140. The first-order valence-corrected chi connectivity index (χ1v) is 10.7. The van der Waals surface area contributed by atoms with Gasteiger partial charge in [-0.1, -0.05) is 65.5 Å². The lowest BCUT2D eigenvalue weighted by atomic mass is 10.1. The molecule has 2 rings (SSSR count). The van der Waals surface area contributed by atoms with Crippen LogP contribution in [0, 0.1) is 0 Å². The molecule has 8 heteroatoms. The van der Waals surface area contributed by atoms with Crippen LogP contribution in [-0.4, -0.2) is 29.3 Å². The zero-order valence-corrected chi connectivity index (χ0v) is 19.2. The van der Waals surface area contributed by atoms with Gasteiger partial charge in [0.05, 0.1) is 6.42 Å². The average molecular weight is 476 g/mol. The Morgan fingerprint density at radius 2 is 1.69 bits per heavy atom. The number of hydrogen-bond donors (Lipinski definition) is 1. The fraction of sp³-hybridized carbons (Fsp3) is 0.333. The second-order valence-electron chi connectivity index (χ2n) is 6.60. The Morgan fingerprint density at radius 1 is 1.03 bits per heavy atom. The summed E-state index contributed by atoms with van der Waals surface area (Å²) in [6.07, 6.45) is 0.812. The summed E-state index contributed by atoms with van der Waals surface area (Å²) in [5.41, 5.74) is 1.21. The standard InChI is InChI=1S/C21H22Cl4N2O2/c1-3-9-26-21(29)13(2)27(12-16-17(23)5-4-6-18(16)24)20(28)10-14-7-8-15(22)11-19(14)25/h4-8,11,13H,3,9-10,12H2,1-2H3,(H,26,29)/t13-/m1/s1. The van der Waals surface area contributed by atoms with Crippen molar-refractivity contribution >= 4 is 58.2 Å². The third kappa shape index (κ3) is 6.51. The molecule has 0 aliphatic heterocycles. The van der Waals surface area contributed by atoms with Gasteiger partial charge in [0.25, 0.3) is 0 Å². The Balaban J connectivity index is 2.32. The molecule has 1 N–H and O–H groups in total. The maximum atomic E-state index is 13.2. The third-order valence-electron chi connectivity index (χ3n) is 4.46. The number of nitrogens with one attached hydrogen (secondary N) is 1. The number of rotatable bonds is 8. The van der Waals surface area contributed by atoms with Crippen molar-refractivity contribution in [1.82, 2.24) is 10.2 Å². The highest BCUT2D eigenvalue weighted by Crippen LogP contribution is 2.27. The molecule has 0 saturated carbocycles. The van der Waals surface area contributed by atoms with E-state index in [1.165, 1.54) is 4.90 Å². The van der Waals surface area contributed by atoms with Crippen LogP contribution in [0.1, 0.15) is 31.4 Å². The van der Waals surface area contributed by atoms with Gasteiger partial charge in [0, 0.05) is 38.7 Å². The van der Waals surface area contributed by atoms with Gasteiger partial charge in [0.15, 0.2) is 0 Å². The van der Waals surface area contributed by atoms with Crippen molar-refractivity contribution in [3.63, 3.8) is 0 Å². The monoisotopic (exact) mass is 474 g/mol. The van der Waals surface area contributed by atoms with Crippen LogP contribution in [-0.2, 0) is 22.6 Å². The van der Waals surface area contributed by atoms with E-state index >= 15 is 0 Å². The number of nitrogens with zero attached hydrogens (tertiary/aromatic N) is 1. The Morgan fingerprint density at radius 3 is 2.28 bits per heavy atom. The van der Waals surface area contributed by atoms with Gasteiger partial charge < -0.3 is 10.2 Å². The smallest absolute Gasteiger partial charge is 0.242 e. The van der Waals surface area contributed by atoms with Gasteiger partial charge in [-0.3, -0.25) is 9.59 Å². The molecule has 0 unspecified atom stereocenters. The quantitative estimate of drug-likeness (QED) is 0.525. The van der Waals surface area contributed by atoms with Gasteiger partial charge in [0.1, 0.15) is 6.04 Å². The highest BCUT2D eigenvalue weighted by molar-refractivity contribution is 6.36. The summed E-state index contributed by atoms with van der Waals surface area (Å²) in [6.45, 7) is 4.27. The molecule has 29 heavy (non-hydrogen) atoms. The first kappa shape index (κ1) is 23.8. The Labute approximate surface area is 191 Å². The van der Waals surface area contributed by atoms with Crippen LogP contribution in [0.15, 0.2) is 36.4 Å². The minimum absolute atomic E-state index is 0.0173. The Hall–Kier alpha value is -1.46. The SMILES string of the molecule is CCCNC(=O)[C@@H](C)N(Cc1c(Cl)cccc1Cl)C(=O)Cc1ccc(Cl)cc1Cl. The predicted octanol–water partition coefficient (Wildman–Crippen LogP) is 5.79. The molecule has 2 amide bonds. The maximum absolute atomic E-state index is 13.2. The summed E-state index contributed by atoms with van der Waals surface area (Å²) >= 11 is 24.7. The molecule has 2 aromatic carbocycles. The minimum Gasteiger partial charge on any atom is -0.354 e. The van der Waals surface area contributed by atoms with E-state index in [1.807, 2.05) is 6.92 Å². The second kappa shape index (κ2) is 11.1. The van der Waals surface area contributed by atoms with Gasteiger partial charge in [-0.25, -0.2) is 0 Å². The van der Waals surface area contributed by atoms with Crippen LogP contribution in [0.25, 0.3) is 0 Å². The number of carbonyl (C=O) groups is 2. The first-order chi connectivity index (χ1) is 13.7. The summed E-state index contributed by atoms with van der Waals surface area (Å²) in [4.78, 5) is 27.2. The van der Waals surface area contributed by atoms with Crippen LogP contribution in [0.2, 0.25) is 20.1 Å². The van der Waals surface area contributed by atoms with E-state index in [2.05, 4.69) is 5.32 Å². The van der Waals surface area contributed by atoms with Gasteiger partial charge in [-0.2, -0.15) is 0 Å². The van der Waals surface area contributed by atoms with Crippen LogP contribution in [0.3, 0.4) is 0 Å². The number of halogens is 4. The van der Waals surface area contributed by atoms with Crippen LogP contribution in [0.4, 0.5) is 0 Å². The molecule has 1 atom stereocenters. The summed E-state index contributed by atoms with van der Waals surface area (Å²) in [7, 11) is 0. The second-order valence-corrected chi connectivity index (χ2v) is 8.26. The van der Waals surface area contributed by atoms with Crippen molar-refractivity contribution in [1.29, 1.82) is 0 Å². The van der Waals surface area contributed by atoms with Crippen molar-refractivity contribution in [2.45, 2.75) is 39.3 Å². The highest BCUT2D eigenvalue weighted by Gasteiger charge is 2.27. The predicted molar refractivity (Wildman–Crippen MR) is 120 cm³/mol. The van der Waals surface area contributed by atoms with Crippen molar-refractivity contribution < 1.29 is 9.59 Å². The normalized spacial score (nSPS) is 11.8. The van der Waals surface area contributed by atoms with Crippen LogP contribution >= 0.6 is 46.4 Å². The topological polar surface area (TPSA) is 49.4 Å². The average Bonchev–Trinajstić information content (AvgIpc) is 2.67. The molecular formula is C21H22Cl4N2O2. The van der Waals surface area contributed by atoms with Gasteiger partial charge in [-0.05, 0) is 43.2 Å². The molecule has 0 spiro atoms. The maximum Gasteiger partial charge on any atom is 0.242 e. The number of carbonyl (C=O) groups excluding carboxylic acids is 2. The van der Waals surface area contributed by atoms with Gasteiger partial charge in [0.2, 0.25) is 11.8 Å². The first-order valence-electron chi connectivity index (χ1n) is 9.18. The van der Waals surface area contributed by atoms with E-state index in [0.717, 1.165) is 6.42 Å². The zero-order valence-electron chi connectivity index (χ0n) is 16.1. The largest absolute Gasteiger partial charge is 0.354 e. The Bertz CT molecular complexity index is 869. The van der Waals surface area contributed by atoms with Crippen molar-refractivity contribution in [3.8, 4) is 0 Å². The van der Waals surface area contributed by atoms with E-state index in [1.54, 1.807) is 43.3 Å². The zero-order chi connectivity index (χ0) is 21.6. The lowest BCUT2D eigenvalue weighted by Crippen LogP contribution is -2.48. The molecule has 4 nitrogen and oxygen atoms in total. The van der Waals surface area contributed by atoms with E-state index in [0.29, 0.717) is 37.8 Å². The Kier molecular flexibility index (Phi) is 9.09. The molecule has 0 fully saturated rings. The summed E-state index contributed by atoms with van der Waals surface area (Å²) in [6, 6.07) is 9.36. The third-order valence-corrected chi connectivity index (χ3v) is 5.76. The molecule has 0 aromatic heterocycles.